The number of esters is 1. The first kappa shape index (κ1) is 13.0. The minimum atomic E-state index is -0.289. The van der Waals surface area contributed by atoms with E-state index in [1.165, 1.54) is 29.8 Å². The Bertz CT molecular complexity index is 581. The predicted molar refractivity (Wildman–Crippen MR) is 72.5 cm³/mol. The van der Waals surface area contributed by atoms with Crippen molar-refractivity contribution in [3.63, 3.8) is 0 Å². The summed E-state index contributed by atoms with van der Waals surface area (Å²) in [4.78, 5) is 24.8. The van der Waals surface area contributed by atoms with Gasteiger partial charge in [-0.25, -0.2) is 0 Å². The largest absolute Gasteiger partial charge is 0.469 e. The number of ketones is 1. The molecular weight excluding hydrogens is 268 g/mol. The molecule has 0 aliphatic carbocycles. The summed E-state index contributed by atoms with van der Waals surface area (Å²) in [5.41, 5.74) is 1.74. The van der Waals surface area contributed by atoms with Gasteiger partial charge in [-0.1, -0.05) is 0 Å². The maximum absolute atomic E-state index is 12.2. The second-order valence-corrected chi connectivity index (χ2v) is 5.73. The van der Waals surface area contributed by atoms with Crippen molar-refractivity contribution in [1.82, 2.24) is 0 Å². The van der Waals surface area contributed by atoms with Gasteiger partial charge in [-0.3, -0.25) is 9.59 Å². The third-order valence-electron chi connectivity index (χ3n) is 2.53. The standard InChI is InChI=1S/C13H12O3S2/c1-8-6-17-7-10(8)13(15)11-4-3-9(18-11)5-12(14)16-2/h3-4,6-7H,5H2,1-2H3. The zero-order valence-corrected chi connectivity index (χ0v) is 11.7. The highest BCUT2D eigenvalue weighted by molar-refractivity contribution is 7.14. The van der Waals surface area contributed by atoms with E-state index in [2.05, 4.69) is 4.74 Å². The van der Waals surface area contributed by atoms with E-state index in [1.54, 1.807) is 12.1 Å². The average Bonchev–Trinajstić information content (AvgIpc) is 2.97. The zero-order valence-electron chi connectivity index (χ0n) is 10.1. The van der Waals surface area contributed by atoms with Gasteiger partial charge in [0.1, 0.15) is 0 Å². The van der Waals surface area contributed by atoms with Crippen molar-refractivity contribution in [3.05, 3.63) is 43.8 Å². The molecule has 0 atom stereocenters. The molecule has 2 heterocycles. The Balaban J connectivity index is 2.18. The number of hydrogen-bond acceptors (Lipinski definition) is 5. The number of carbonyl (C=O) groups excluding carboxylic acids is 2. The summed E-state index contributed by atoms with van der Waals surface area (Å²) in [6.07, 6.45) is 0.219. The van der Waals surface area contributed by atoms with Crippen LogP contribution in [-0.2, 0) is 16.0 Å². The molecule has 0 aliphatic rings. The molecule has 2 aromatic rings. The average molecular weight is 280 g/mol. The molecule has 0 N–H and O–H groups in total. The lowest BCUT2D eigenvalue weighted by molar-refractivity contribution is -0.139. The quantitative estimate of drug-likeness (QED) is 0.638. The number of aryl methyl sites for hydroxylation is 1. The van der Waals surface area contributed by atoms with Gasteiger partial charge in [-0.15, -0.1) is 11.3 Å². The van der Waals surface area contributed by atoms with Crippen molar-refractivity contribution >= 4 is 34.4 Å². The molecular formula is C13H12O3S2. The van der Waals surface area contributed by atoms with Crippen LogP contribution in [0.1, 0.15) is 25.7 Å². The monoisotopic (exact) mass is 280 g/mol. The van der Waals surface area contributed by atoms with Gasteiger partial charge in [0.15, 0.2) is 0 Å². The summed E-state index contributed by atoms with van der Waals surface area (Å²) >= 11 is 2.87. The van der Waals surface area contributed by atoms with Crippen LogP contribution < -0.4 is 0 Å². The van der Waals surface area contributed by atoms with Crippen LogP contribution in [0.25, 0.3) is 0 Å². The van der Waals surface area contributed by atoms with Gasteiger partial charge in [0.2, 0.25) is 5.78 Å². The molecule has 0 fully saturated rings. The zero-order chi connectivity index (χ0) is 13.1. The molecule has 5 heteroatoms. The molecule has 0 spiro atoms. The van der Waals surface area contributed by atoms with E-state index in [0.717, 1.165) is 16.0 Å². The molecule has 94 valence electrons. The Morgan fingerprint density at radius 3 is 2.67 bits per heavy atom. The Morgan fingerprint density at radius 1 is 1.28 bits per heavy atom. The van der Waals surface area contributed by atoms with E-state index >= 15 is 0 Å². The molecule has 0 bridgehead atoms. The second kappa shape index (κ2) is 5.46. The summed E-state index contributed by atoms with van der Waals surface area (Å²) in [5.74, 6) is -0.266. The van der Waals surface area contributed by atoms with Crippen LogP contribution in [0.2, 0.25) is 0 Å². The fraction of sp³-hybridized carbons (Fsp3) is 0.231. The van der Waals surface area contributed by atoms with Crippen molar-refractivity contribution in [2.75, 3.05) is 7.11 Å². The lowest BCUT2D eigenvalue weighted by atomic mass is 10.1. The predicted octanol–water partition coefficient (Wildman–Crippen LogP) is 3.06. The number of thiophene rings is 2. The third-order valence-corrected chi connectivity index (χ3v) is 4.48. The minimum absolute atomic E-state index is 0.0230. The molecule has 0 amide bonds. The van der Waals surface area contributed by atoms with Gasteiger partial charge >= 0.3 is 5.97 Å². The van der Waals surface area contributed by atoms with Crippen LogP contribution in [0.5, 0.6) is 0 Å². The van der Waals surface area contributed by atoms with Crippen LogP contribution in [0, 0.1) is 6.92 Å². The smallest absolute Gasteiger partial charge is 0.310 e. The summed E-state index contributed by atoms with van der Waals surface area (Å²) < 4.78 is 4.60. The lowest BCUT2D eigenvalue weighted by Gasteiger charge is -1.96. The Labute approximate surface area is 113 Å². The molecule has 3 nitrogen and oxygen atoms in total. The fourth-order valence-electron chi connectivity index (χ4n) is 1.54. The summed E-state index contributed by atoms with van der Waals surface area (Å²) in [6, 6.07) is 3.57. The number of hydrogen-bond donors (Lipinski definition) is 0. The molecule has 0 saturated carbocycles. The molecule has 0 unspecified atom stereocenters. The van der Waals surface area contributed by atoms with Gasteiger partial charge < -0.3 is 4.74 Å². The third kappa shape index (κ3) is 2.68. The fourth-order valence-corrected chi connectivity index (χ4v) is 3.31. The number of carbonyl (C=O) groups is 2. The van der Waals surface area contributed by atoms with Crippen molar-refractivity contribution < 1.29 is 14.3 Å². The second-order valence-electron chi connectivity index (χ2n) is 3.82. The topological polar surface area (TPSA) is 43.4 Å². The Hall–Kier alpha value is -1.46. The van der Waals surface area contributed by atoms with Crippen molar-refractivity contribution in [2.45, 2.75) is 13.3 Å². The van der Waals surface area contributed by atoms with Crippen LogP contribution >= 0.6 is 22.7 Å². The van der Waals surface area contributed by atoms with Crippen molar-refractivity contribution in [3.8, 4) is 0 Å². The first-order chi connectivity index (χ1) is 8.61. The summed E-state index contributed by atoms with van der Waals surface area (Å²) in [6.45, 7) is 1.92. The van der Waals surface area contributed by atoms with Crippen molar-refractivity contribution in [2.24, 2.45) is 0 Å². The van der Waals surface area contributed by atoms with E-state index in [0.29, 0.717) is 4.88 Å². The van der Waals surface area contributed by atoms with E-state index in [9.17, 15) is 9.59 Å². The number of ether oxygens (including phenoxy) is 1. The van der Waals surface area contributed by atoms with Crippen LogP contribution in [0.4, 0.5) is 0 Å². The van der Waals surface area contributed by atoms with E-state index in [4.69, 9.17) is 0 Å². The van der Waals surface area contributed by atoms with Crippen LogP contribution in [-0.4, -0.2) is 18.9 Å². The maximum Gasteiger partial charge on any atom is 0.310 e. The molecule has 0 radical (unpaired) electrons. The van der Waals surface area contributed by atoms with E-state index in [-0.39, 0.29) is 18.2 Å². The van der Waals surface area contributed by atoms with Gasteiger partial charge in [0.25, 0.3) is 0 Å². The highest BCUT2D eigenvalue weighted by Gasteiger charge is 2.15. The highest BCUT2D eigenvalue weighted by Crippen LogP contribution is 2.24. The molecule has 18 heavy (non-hydrogen) atoms. The molecule has 0 aliphatic heterocycles. The van der Waals surface area contributed by atoms with Gasteiger partial charge in [0, 0.05) is 15.8 Å². The SMILES string of the molecule is COC(=O)Cc1ccc(C(=O)c2cscc2C)s1. The molecule has 2 aromatic heterocycles. The lowest BCUT2D eigenvalue weighted by Crippen LogP contribution is -2.02. The number of methoxy groups -OCH3 is 1. The first-order valence-corrected chi connectivity index (χ1v) is 7.10. The van der Waals surface area contributed by atoms with Crippen LogP contribution in [0.15, 0.2) is 22.9 Å². The Kier molecular flexibility index (Phi) is 3.93. The van der Waals surface area contributed by atoms with Gasteiger partial charge in [-0.2, -0.15) is 11.3 Å². The van der Waals surface area contributed by atoms with E-state index < -0.39 is 0 Å². The maximum atomic E-state index is 12.2. The van der Waals surface area contributed by atoms with E-state index in [1.807, 2.05) is 17.7 Å². The van der Waals surface area contributed by atoms with Crippen LogP contribution in [0.3, 0.4) is 0 Å². The van der Waals surface area contributed by atoms with Gasteiger partial charge in [0.05, 0.1) is 18.4 Å². The molecule has 0 saturated heterocycles. The van der Waals surface area contributed by atoms with Crippen molar-refractivity contribution in [1.29, 1.82) is 0 Å². The van der Waals surface area contributed by atoms with Gasteiger partial charge in [-0.05, 0) is 30.0 Å². The normalized spacial score (nSPS) is 10.3. The summed E-state index contributed by atoms with van der Waals surface area (Å²) in [7, 11) is 1.36. The first-order valence-electron chi connectivity index (χ1n) is 5.35. The molecule has 0 aromatic carbocycles. The number of rotatable bonds is 4. The minimum Gasteiger partial charge on any atom is -0.469 e. The highest BCUT2D eigenvalue weighted by atomic mass is 32.1. The Morgan fingerprint density at radius 2 is 2.06 bits per heavy atom. The summed E-state index contributed by atoms with van der Waals surface area (Å²) in [5, 5.41) is 3.81. The molecule has 2 rings (SSSR count).